The number of aromatic nitrogens is 2. The number of rotatable bonds is 3. The second-order valence-corrected chi connectivity index (χ2v) is 5.04. The average molecular weight is 282 g/mol. The number of thiazole rings is 1. The van der Waals surface area contributed by atoms with E-state index in [-0.39, 0.29) is 0 Å². The predicted molar refractivity (Wildman–Crippen MR) is 78.4 cm³/mol. The van der Waals surface area contributed by atoms with Crippen molar-refractivity contribution in [3.63, 3.8) is 0 Å². The van der Waals surface area contributed by atoms with Crippen LogP contribution in [0.3, 0.4) is 0 Å². The smallest absolute Gasteiger partial charge is 0.188 e. The number of ether oxygens (including phenoxy) is 1. The van der Waals surface area contributed by atoms with Crippen LogP contribution in [-0.2, 0) is 0 Å². The molecule has 0 aliphatic rings. The SMILES string of the molecule is COc1ccc2nc(Nc3cnccc3C#N)sc2c1. The Balaban J connectivity index is 1.97. The van der Waals surface area contributed by atoms with Gasteiger partial charge in [-0.3, -0.25) is 4.98 Å². The van der Waals surface area contributed by atoms with Crippen molar-refractivity contribution in [2.24, 2.45) is 0 Å². The number of hydrogen-bond donors (Lipinski definition) is 1. The first-order chi connectivity index (χ1) is 9.80. The lowest BCUT2D eigenvalue weighted by Crippen LogP contribution is -1.93. The number of methoxy groups -OCH3 is 1. The maximum atomic E-state index is 9.05. The van der Waals surface area contributed by atoms with Crippen LogP contribution in [0.25, 0.3) is 10.2 Å². The number of anilines is 2. The molecule has 0 amide bonds. The first kappa shape index (κ1) is 12.4. The third-order valence-electron chi connectivity index (χ3n) is 2.78. The molecule has 3 aromatic rings. The minimum absolute atomic E-state index is 0.539. The van der Waals surface area contributed by atoms with Gasteiger partial charge < -0.3 is 10.1 Å². The van der Waals surface area contributed by atoms with Gasteiger partial charge in [0.1, 0.15) is 11.8 Å². The fraction of sp³-hybridized carbons (Fsp3) is 0.0714. The molecule has 0 spiro atoms. The zero-order chi connectivity index (χ0) is 13.9. The largest absolute Gasteiger partial charge is 0.497 e. The van der Waals surface area contributed by atoms with E-state index in [4.69, 9.17) is 10.00 Å². The van der Waals surface area contributed by atoms with Crippen molar-refractivity contribution in [2.75, 3.05) is 12.4 Å². The molecule has 3 rings (SSSR count). The van der Waals surface area contributed by atoms with E-state index >= 15 is 0 Å². The van der Waals surface area contributed by atoms with Crippen LogP contribution >= 0.6 is 11.3 Å². The fourth-order valence-electron chi connectivity index (χ4n) is 1.79. The van der Waals surface area contributed by atoms with Crippen molar-refractivity contribution in [3.05, 3.63) is 42.2 Å². The van der Waals surface area contributed by atoms with Crippen LogP contribution in [-0.4, -0.2) is 17.1 Å². The lowest BCUT2D eigenvalue weighted by atomic mass is 10.2. The molecule has 1 N–H and O–H groups in total. The summed E-state index contributed by atoms with van der Waals surface area (Å²) >= 11 is 1.50. The quantitative estimate of drug-likeness (QED) is 0.798. The summed E-state index contributed by atoms with van der Waals surface area (Å²) in [5.41, 5.74) is 2.08. The van der Waals surface area contributed by atoms with Crippen molar-refractivity contribution in [1.82, 2.24) is 9.97 Å². The summed E-state index contributed by atoms with van der Waals surface area (Å²) in [7, 11) is 1.64. The topological polar surface area (TPSA) is 70.8 Å². The Morgan fingerprint density at radius 1 is 1.35 bits per heavy atom. The molecule has 0 radical (unpaired) electrons. The average Bonchev–Trinajstić information content (AvgIpc) is 2.89. The molecule has 0 unspecified atom stereocenters. The molecule has 0 saturated heterocycles. The van der Waals surface area contributed by atoms with Gasteiger partial charge in [0.05, 0.1) is 34.8 Å². The summed E-state index contributed by atoms with van der Waals surface area (Å²) in [6.45, 7) is 0. The number of nitriles is 1. The zero-order valence-electron chi connectivity index (χ0n) is 10.6. The van der Waals surface area contributed by atoms with Gasteiger partial charge >= 0.3 is 0 Å². The number of fused-ring (bicyclic) bond motifs is 1. The summed E-state index contributed by atoms with van der Waals surface area (Å²) in [5.74, 6) is 0.798. The van der Waals surface area contributed by atoms with Gasteiger partial charge in [0, 0.05) is 6.20 Å². The highest BCUT2D eigenvalue weighted by Gasteiger charge is 2.07. The lowest BCUT2D eigenvalue weighted by molar-refractivity contribution is 0.415. The third kappa shape index (κ3) is 2.27. The van der Waals surface area contributed by atoms with E-state index in [1.807, 2.05) is 18.2 Å². The Hall–Kier alpha value is -2.65. The molecule has 20 heavy (non-hydrogen) atoms. The fourth-order valence-corrected chi connectivity index (χ4v) is 2.70. The summed E-state index contributed by atoms with van der Waals surface area (Å²) in [6.07, 6.45) is 3.21. The summed E-state index contributed by atoms with van der Waals surface area (Å²) in [4.78, 5) is 8.49. The molecule has 0 fully saturated rings. The monoisotopic (exact) mass is 282 g/mol. The van der Waals surface area contributed by atoms with Crippen molar-refractivity contribution in [2.45, 2.75) is 0 Å². The molecule has 2 heterocycles. The summed E-state index contributed by atoms with van der Waals surface area (Å²) in [5, 5.41) is 12.9. The molecular weight excluding hydrogens is 272 g/mol. The van der Waals surface area contributed by atoms with E-state index in [2.05, 4.69) is 21.4 Å². The van der Waals surface area contributed by atoms with Crippen molar-refractivity contribution in [3.8, 4) is 11.8 Å². The molecule has 0 saturated carbocycles. The standard InChI is InChI=1S/C14H10N4OS/c1-19-10-2-3-11-13(6-10)20-14(17-11)18-12-8-16-5-4-9(12)7-15/h2-6,8H,1H3,(H,17,18). The summed E-state index contributed by atoms with van der Waals surface area (Å²) < 4.78 is 6.21. The second kappa shape index (κ2) is 5.15. The number of nitrogens with zero attached hydrogens (tertiary/aromatic N) is 3. The van der Waals surface area contributed by atoms with E-state index < -0.39 is 0 Å². The van der Waals surface area contributed by atoms with Crippen LogP contribution in [0.4, 0.5) is 10.8 Å². The first-order valence-electron chi connectivity index (χ1n) is 5.86. The molecule has 2 aromatic heterocycles. The first-order valence-corrected chi connectivity index (χ1v) is 6.67. The molecule has 0 atom stereocenters. The molecule has 0 bridgehead atoms. The Bertz CT molecular complexity index is 806. The highest BCUT2D eigenvalue weighted by molar-refractivity contribution is 7.22. The highest BCUT2D eigenvalue weighted by atomic mass is 32.1. The molecular formula is C14H10N4OS. The van der Waals surface area contributed by atoms with Crippen molar-refractivity contribution >= 4 is 32.4 Å². The van der Waals surface area contributed by atoms with E-state index in [1.165, 1.54) is 11.3 Å². The number of pyridine rings is 1. The highest BCUT2D eigenvalue weighted by Crippen LogP contribution is 2.31. The summed E-state index contributed by atoms with van der Waals surface area (Å²) in [6, 6.07) is 9.50. The normalized spacial score (nSPS) is 10.2. The van der Waals surface area contributed by atoms with E-state index in [0.717, 1.165) is 21.1 Å². The minimum Gasteiger partial charge on any atom is -0.497 e. The van der Waals surface area contributed by atoms with E-state index in [0.29, 0.717) is 11.3 Å². The molecule has 1 aromatic carbocycles. The molecule has 98 valence electrons. The lowest BCUT2D eigenvalue weighted by Gasteiger charge is -2.02. The molecule has 5 nitrogen and oxygen atoms in total. The second-order valence-electron chi connectivity index (χ2n) is 4.01. The third-order valence-corrected chi connectivity index (χ3v) is 3.71. The van der Waals surface area contributed by atoms with Gasteiger partial charge in [0.15, 0.2) is 5.13 Å². The molecule has 0 aliphatic carbocycles. The zero-order valence-corrected chi connectivity index (χ0v) is 11.4. The number of hydrogen-bond acceptors (Lipinski definition) is 6. The van der Waals surface area contributed by atoms with Crippen molar-refractivity contribution < 1.29 is 4.74 Å². The molecule has 6 heteroatoms. The van der Waals surface area contributed by atoms with Crippen LogP contribution in [0.15, 0.2) is 36.7 Å². The van der Waals surface area contributed by atoms with Crippen LogP contribution in [0.1, 0.15) is 5.56 Å². The maximum Gasteiger partial charge on any atom is 0.188 e. The van der Waals surface area contributed by atoms with E-state index in [1.54, 1.807) is 25.6 Å². The Morgan fingerprint density at radius 2 is 2.25 bits per heavy atom. The Morgan fingerprint density at radius 3 is 3.05 bits per heavy atom. The molecule has 0 aliphatic heterocycles. The van der Waals surface area contributed by atoms with Gasteiger partial charge in [0.2, 0.25) is 0 Å². The predicted octanol–water partition coefficient (Wildman–Crippen LogP) is 3.32. The van der Waals surface area contributed by atoms with Crippen LogP contribution in [0.5, 0.6) is 5.75 Å². The van der Waals surface area contributed by atoms with Crippen LogP contribution in [0.2, 0.25) is 0 Å². The van der Waals surface area contributed by atoms with Gasteiger partial charge in [-0.1, -0.05) is 11.3 Å². The van der Waals surface area contributed by atoms with Gasteiger partial charge in [0.25, 0.3) is 0 Å². The van der Waals surface area contributed by atoms with E-state index in [9.17, 15) is 0 Å². The minimum atomic E-state index is 0.539. The van der Waals surface area contributed by atoms with Crippen LogP contribution in [0, 0.1) is 11.3 Å². The Labute approximate surface area is 119 Å². The van der Waals surface area contributed by atoms with Crippen molar-refractivity contribution in [1.29, 1.82) is 5.26 Å². The maximum absolute atomic E-state index is 9.05. The van der Waals surface area contributed by atoms with Gasteiger partial charge in [-0.05, 0) is 24.3 Å². The van der Waals surface area contributed by atoms with Gasteiger partial charge in [-0.15, -0.1) is 0 Å². The number of nitrogens with one attached hydrogen (secondary N) is 1. The van der Waals surface area contributed by atoms with Gasteiger partial charge in [-0.25, -0.2) is 4.98 Å². The van der Waals surface area contributed by atoms with Crippen LogP contribution < -0.4 is 10.1 Å². The number of benzene rings is 1. The van der Waals surface area contributed by atoms with Gasteiger partial charge in [-0.2, -0.15) is 5.26 Å². The Kier molecular flexibility index (Phi) is 3.19.